The highest BCUT2D eigenvalue weighted by Gasteiger charge is 2.37. The fourth-order valence-electron chi connectivity index (χ4n) is 3.31. The first-order valence-electron chi connectivity index (χ1n) is 9.23. The molecule has 2 aromatic heterocycles. The molecule has 0 spiro atoms. The SMILES string of the molecule is O=C(CCCn1cccn1)N[C@@H]1C[C@H](C(=O)NCCc2nccs2)C[C@H]1O. The highest BCUT2D eigenvalue weighted by molar-refractivity contribution is 7.09. The van der Waals surface area contributed by atoms with Gasteiger partial charge in [0.2, 0.25) is 11.8 Å². The molecule has 3 rings (SSSR count). The number of rotatable bonds is 9. The number of nitrogens with one attached hydrogen (secondary N) is 2. The molecule has 1 aliphatic carbocycles. The lowest BCUT2D eigenvalue weighted by atomic mass is 10.1. The Morgan fingerprint density at radius 3 is 2.96 bits per heavy atom. The fourth-order valence-corrected chi connectivity index (χ4v) is 3.93. The van der Waals surface area contributed by atoms with Crippen LogP contribution in [0.25, 0.3) is 0 Å². The molecule has 8 nitrogen and oxygen atoms in total. The first kappa shape index (κ1) is 19.5. The number of amides is 2. The zero-order chi connectivity index (χ0) is 19.1. The summed E-state index contributed by atoms with van der Waals surface area (Å²) in [6.45, 7) is 1.21. The summed E-state index contributed by atoms with van der Waals surface area (Å²) in [6.07, 6.45) is 7.22. The van der Waals surface area contributed by atoms with Gasteiger partial charge < -0.3 is 15.7 Å². The first-order chi connectivity index (χ1) is 13.1. The summed E-state index contributed by atoms with van der Waals surface area (Å²) in [4.78, 5) is 28.6. The fraction of sp³-hybridized carbons (Fsp3) is 0.556. The number of carbonyl (C=O) groups excluding carboxylic acids is 2. The Balaban J connectivity index is 1.35. The van der Waals surface area contributed by atoms with Gasteiger partial charge in [-0.2, -0.15) is 5.10 Å². The van der Waals surface area contributed by atoms with E-state index in [-0.39, 0.29) is 23.8 Å². The molecule has 1 fully saturated rings. The zero-order valence-corrected chi connectivity index (χ0v) is 15.9. The molecule has 0 unspecified atom stereocenters. The molecular formula is C18H25N5O3S. The lowest BCUT2D eigenvalue weighted by Gasteiger charge is -2.16. The highest BCUT2D eigenvalue weighted by Crippen LogP contribution is 2.26. The third-order valence-corrected chi connectivity index (χ3v) is 5.56. The average Bonchev–Trinajstić information content (AvgIpc) is 3.38. The van der Waals surface area contributed by atoms with Crippen LogP contribution in [0.15, 0.2) is 30.0 Å². The monoisotopic (exact) mass is 391 g/mol. The molecule has 27 heavy (non-hydrogen) atoms. The van der Waals surface area contributed by atoms with Gasteiger partial charge in [-0.3, -0.25) is 14.3 Å². The van der Waals surface area contributed by atoms with Crippen molar-refractivity contribution in [1.82, 2.24) is 25.4 Å². The lowest BCUT2D eigenvalue weighted by Crippen LogP contribution is -2.40. The molecule has 3 atom stereocenters. The van der Waals surface area contributed by atoms with E-state index in [9.17, 15) is 14.7 Å². The molecule has 0 saturated heterocycles. The lowest BCUT2D eigenvalue weighted by molar-refractivity contribution is -0.125. The van der Waals surface area contributed by atoms with E-state index in [1.54, 1.807) is 28.4 Å². The molecule has 9 heteroatoms. The minimum atomic E-state index is -0.685. The summed E-state index contributed by atoms with van der Waals surface area (Å²) in [5.41, 5.74) is 0. The van der Waals surface area contributed by atoms with Gasteiger partial charge in [0.05, 0.1) is 17.2 Å². The van der Waals surface area contributed by atoms with Gasteiger partial charge in [0.15, 0.2) is 0 Å². The Hall–Kier alpha value is -2.26. The van der Waals surface area contributed by atoms with Gasteiger partial charge in [0.1, 0.15) is 0 Å². The van der Waals surface area contributed by atoms with E-state index in [1.165, 1.54) is 0 Å². The Morgan fingerprint density at radius 1 is 1.33 bits per heavy atom. The number of aryl methyl sites for hydroxylation is 1. The largest absolute Gasteiger partial charge is 0.391 e. The van der Waals surface area contributed by atoms with Crippen molar-refractivity contribution < 1.29 is 14.7 Å². The van der Waals surface area contributed by atoms with Crippen molar-refractivity contribution >= 4 is 23.2 Å². The second-order valence-electron chi connectivity index (χ2n) is 6.75. The average molecular weight is 391 g/mol. The second kappa shape index (κ2) is 9.61. The summed E-state index contributed by atoms with van der Waals surface area (Å²) in [5, 5.41) is 23.0. The van der Waals surface area contributed by atoms with Gasteiger partial charge in [-0.15, -0.1) is 11.3 Å². The first-order valence-corrected chi connectivity index (χ1v) is 10.1. The molecule has 0 aromatic carbocycles. The van der Waals surface area contributed by atoms with Crippen molar-refractivity contribution in [1.29, 1.82) is 0 Å². The Morgan fingerprint density at radius 2 is 2.22 bits per heavy atom. The summed E-state index contributed by atoms with van der Waals surface area (Å²) < 4.78 is 1.78. The van der Waals surface area contributed by atoms with Crippen molar-refractivity contribution in [3.05, 3.63) is 35.0 Å². The number of nitrogens with zero attached hydrogens (tertiary/aromatic N) is 3. The number of aliphatic hydroxyl groups excluding tert-OH is 1. The number of aliphatic hydroxyl groups is 1. The molecule has 0 aliphatic heterocycles. The summed E-state index contributed by atoms with van der Waals surface area (Å²) in [7, 11) is 0. The van der Waals surface area contributed by atoms with Gasteiger partial charge in [-0.1, -0.05) is 0 Å². The van der Waals surface area contributed by atoms with Crippen LogP contribution in [-0.2, 0) is 22.6 Å². The van der Waals surface area contributed by atoms with Crippen LogP contribution in [0.5, 0.6) is 0 Å². The predicted octanol–water partition coefficient (Wildman–Crippen LogP) is 0.734. The third kappa shape index (κ3) is 5.86. The summed E-state index contributed by atoms with van der Waals surface area (Å²) >= 11 is 1.56. The van der Waals surface area contributed by atoms with Crippen molar-refractivity contribution in [3.8, 4) is 0 Å². The summed E-state index contributed by atoms with van der Waals surface area (Å²) in [6, 6.07) is 1.48. The highest BCUT2D eigenvalue weighted by atomic mass is 32.1. The van der Waals surface area contributed by atoms with E-state index in [2.05, 4.69) is 20.7 Å². The van der Waals surface area contributed by atoms with Crippen molar-refractivity contribution in [2.24, 2.45) is 5.92 Å². The molecule has 2 heterocycles. The van der Waals surface area contributed by atoms with Crippen molar-refractivity contribution in [3.63, 3.8) is 0 Å². The maximum Gasteiger partial charge on any atom is 0.223 e. The van der Waals surface area contributed by atoms with Gasteiger partial charge in [0.25, 0.3) is 0 Å². The van der Waals surface area contributed by atoms with Gasteiger partial charge >= 0.3 is 0 Å². The normalized spacial score (nSPS) is 21.9. The molecule has 2 aromatic rings. The number of hydrogen-bond acceptors (Lipinski definition) is 6. The van der Waals surface area contributed by atoms with Crippen LogP contribution in [0.4, 0.5) is 0 Å². The second-order valence-corrected chi connectivity index (χ2v) is 7.73. The molecular weight excluding hydrogens is 366 g/mol. The van der Waals surface area contributed by atoms with Crippen LogP contribution in [0.1, 0.15) is 30.7 Å². The van der Waals surface area contributed by atoms with Crippen molar-refractivity contribution in [2.75, 3.05) is 6.54 Å². The van der Waals surface area contributed by atoms with Crippen LogP contribution in [0.2, 0.25) is 0 Å². The van der Waals surface area contributed by atoms with E-state index in [4.69, 9.17) is 0 Å². The van der Waals surface area contributed by atoms with E-state index < -0.39 is 6.10 Å². The molecule has 2 amide bonds. The van der Waals surface area contributed by atoms with Crippen LogP contribution in [-0.4, -0.2) is 50.4 Å². The minimum Gasteiger partial charge on any atom is -0.391 e. The molecule has 146 valence electrons. The molecule has 1 saturated carbocycles. The van der Waals surface area contributed by atoms with E-state index in [0.29, 0.717) is 45.2 Å². The van der Waals surface area contributed by atoms with Gasteiger partial charge in [-0.25, -0.2) is 4.98 Å². The zero-order valence-electron chi connectivity index (χ0n) is 15.1. The standard InChI is InChI=1S/C18H25N5O3S/c24-15-12-13(18(26)20-6-4-17-19-7-10-27-17)11-14(15)22-16(25)3-1-8-23-9-2-5-21-23/h2,5,7,9-10,13-15,24H,1,3-4,6,8,11-12H2,(H,20,26)(H,22,25)/t13-,14+,15+/m0/s1. The summed E-state index contributed by atoms with van der Waals surface area (Å²) in [5.74, 6) is -0.442. The van der Waals surface area contributed by atoms with Crippen LogP contribution < -0.4 is 10.6 Å². The van der Waals surface area contributed by atoms with E-state index in [1.807, 2.05) is 17.6 Å². The molecule has 0 bridgehead atoms. The number of carbonyl (C=O) groups is 2. The topological polar surface area (TPSA) is 109 Å². The van der Waals surface area contributed by atoms with E-state index >= 15 is 0 Å². The maximum absolute atomic E-state index is 12.3. The quantitative estimate of drug-likeness (QED) is 0.584. The number of aromatic nitrogens is 3. The minimum absolute atomic E-state index is 0.0685. The van der Waals surface area contributed by atoms with Crippen LogP contribution in [0, 0.1) is 5.92 Å². The molecule has 1 aliphatic rings. The van der Waals surface area contributed by atoms with Gasteiger partial charge in [0, 0.05) is 55.8 Å². The number of thiazole rings is 1. The van der Waals surface area contributed by atoms with Crippen LogP contribution >= 0.6 is 11.3 Å². The number of hydrogen-bond donors (Lipinski definition) is 3. The molecule has 3 N–H and O–H groups in total. The maximum atomic E-state index is 12.3. The van der Waals surface area contributed by atoms with Crippen LogP contribution in [0.3, 0.4) is 0 Å². The van der Waals surface area contributed by atoms with E-state index in [0.717, 1.165) is 5.01 Å². The Kier molecular flexibility index (Phi) is 6.94. The predicted molar refractivity (Wildman–Crippen MR) is 101 cm³/mol. The smallest absolute Gasteiger partial charge is 0.223 e. The Bertz CT molecular complexity index is 719. The Labute approximate surface area is 162 Å². The third-order valence-electron chi connectivity index (χ3n) is 4.72. The molecule has 0 radical (unpaired) electrons. The van der Waals surface area contributed by atoms with Gasteiger partial charge in [-0.05, 0) is 25.3 Å². The van der Waals surface area contributed by atoms with Crippen molar-refractivity contribution in [2.45, 2.75) is 50.8 Å².